The van der Waals surface area contributed by atoms with Crippen molar-refractivity contribution in [1.29, 1.82) is 0 Å². The van der Waals surface area contributed by atoms with Crippen molar-refractivity contribution in [2.75, 3.05) is 6.61 Å². The Balaban J connectivity index is 2.18. The van der Waals surface area contributed by atoms with Crippen LogP contribution >= 0.6 is 0 Å². The molecule has 1 amide bonds. The molecular formula is C21H23F3N2O2. The molecule has 0 heterocycles. The summed E-state index contributed by atoms with van der Waals surface area (Å²) < 4.78 is 44.0. The molecule has 28 heavy (non-hydrogen) atoms. The summed E-state index contributed by atoms with van der Waals surface area (Å²) in [6, 6.07) is 8.05. The predicted octanol–water partition coefficient (Wildman–Crippen LogP) is 5.30. The van der Waals surface area contributed by atoms with Crippen LogP contribution in [0.15, 0.2) is 41.5 Å². The molecule has 7 heteroatoms. The van der Waals surface area contributed by atoms with Gasteiger partial charge >= 0.3 is 6.18 Å². The van der Waals surface area contributed by atoms with Gasteiger partial charge in [0.05, 0.1) is 18.4 Å². The van der Waals surface area contributed by atoms with E-state index < -0.39 is 17.6 Å². The van der Waals surface area contributed by atoms with E-state index in [4.69, 9.17) is 4.74 Å². The van der Waals surface area contributed by atoms with E-state index in [1.807, 2.05) is 39.8 Å². The second kappa shape index (κ2) is 8.91. The first-order valence-corrected chi connectivity index (χ1v) is 8.91. The van der Waals surface area contributed by atoms with Crippen LogP contribution in [0.1, 0.15) is 59.3 Å². The first kappa shape index (κ1) is 21.5. The predicted molar refractivity (Wildman–Crippen MR) is 103 cm³/mol. The number of ether oxygens (including phenoxy) is 1. The molecule has 150 valence electrons. The van der Waals surface area contributed by atoms with Crippen LogP contribution in [-0.2, 0) is 6.18 Å². The Hall–Kier alpha value is -2.83. The van der Waals surface area contributed by atoms with E-state index in [1.54, 1.807) is 0 Å². The molecule has 0 spiro atoms. The van der Waals surface area contributed by atoms with E-state index in [-0.39, 0.29) is 11.5 Å². The number of alkyl halides is 3. The maximum absolute atomic E-state index is 12.8. The molecule has 0 bridgehead atoms. The summed E-state index contributed by atoms with van der Waals surface area (Å²) in [5, 5.41) is 3.90. The number of benzene rings is 2. The fourth-order valence-corrected chi connectivity index (χ4v) is 2.65. The van der Waals surface area contributed by atoms with Crippen LogP contribution in [0.4, 0.5) is 13.2 Å². The Bertz CT molecular complexity index is 874. The molecule has 0 radical (unpaired) electrons. The van der Waals surface area contributed by atoms with E-state index in [0.29, 0.717) is 6.61 Å². The highest BCUT2D eigenvalue weighted by atomic mass is 19.4. The van der Waals surface area contributed by atoms with Crippen molar-refractivity contribution >= 4 is 12.1 Å². The Labute approximate surface area is 162 Å². The summed E-state index contributed by atoms with van der Waals surface area (Å²) in [6.45, 7) is 8.45. The van der Waals surface area contributed by atoms with Crippen LogP contribution in [-0.4, -0.2) is 18.7 Å². The molecule has 0 unspecified atom stereocenters. The number of hydrogen-bond donors (Lipinski definition) is 1. The van der Waals surface area contributed by atoms with Crippen molar-refractivity contribution in [2.24, 2.45) is 5.10 Å². The topological polar surface area (TPSA) is 50.7 Å². The minimum absolute atomic E-state index is 0.113. The molecule has 0 aliphatic heterocycles. The lowest BCUT2D eigenvalue weighted by atomic mass is 9.97. The number of amides is 1. The number of aryl methyl sites for hydroxylation is 1. The number of carbonyl (C=O) groups is 1. The summed E-state index contributed by atoms with van der Waals surface area (Å²) >= 11 is 0. The molecule has 2 rings (SSSR count). The summed E-state index contributed by atoms with van der Waals surface area (Å²) in [6.07, 6.45) is -3.03. The zero-order valence-corrected chi connectivity index (χ0v) is 16.2. The largest absolute Gasteiger partial charge is 0.494 e. The van der Waals surface area contributed by atoms with Gasteiger partial charge in [-0.15, -0.1) is 0 Å². The first-order valence-electron chi connectivity index (χ1n) is 8.91. The maximum Gasteiger partial charge on any atom is 0.416 e. The lowest BCUT2D eigenvalue weighted by Crippen LogP contribution is -2.18. The molecule has 0 aliphatic carbocycles. The lowest BCUT2D eigenvalue weighted by Gasteiger charge is -2.15. The van der Waals surface area contributed by atoms with Crippen LogP contribution in [0.5, 0.6) is 5.75 Å². The number of rotatable bonds is 6. The average Bonchev–Trinajstić information content (AvgIpc) is 2.62. The quantitative estimate of drug-likeness (QED) is 0.536. The Morgan fingerprint density at radius 1 is 1.25 bits per heavy atom. The fourth-order valence-electron chi connectivity index (χ4n) is 2.65. The van der Waals surface area contributed by atoms with Gasteiger partial charge < -0.3 is 4.74 Å². The van der Waals surface area contributed by atoms with Crippen molar-refractivity contribution < 1.29 is 22.7 Å². The van der Waals surface area contributed by atoms with Crippen molar-refractivity contribution in [3.63, 3.8) is 0 Å². The van der Waals surface area contributed by atoms with Crippen LogP contribution in [0.2, 0.25) is 0 Å². The van der Waals surface area contributed by atoms with Gasteiger partial charge in [-0.25, -0.2) is 5.43 Å². The first-order chi connectivity index (χ1) is 13.1. The molecular weight excluding hydrogens is 369 g/mol. The van der Waals surface area contributed by atoms with E-state index in [2.05, 4.69) is 10.5 Å². The van der Waals surface area contributed by atoms with Gasteiger partial charge in [-0.1, -0.05) is 19.9 Å². The van der Waals surface area contributed by atoms with Crippen LogP contribution in [0.25, 0.3) is 0 Å². The normalized spacial score (nSPS) is 11.9. The van der Waals surface area contributed by atoms with Crippen molar-refractivity contribution in [1.82, 2.24) is 5.43 Å². The number of halogens is 3. The minimum atomic E-state index is -4.51. The van der Waals surface area contributed by atoms with Gasteiger partial charge in [-0.2, -0.15) is 18.3 Å². The molecule has 2 aromatic rings. The fraction of sp³-hybridized carbons (Fsp3) is 0.333. The van der Waals surface area contributed by atoms with Gasteiger partial charge in [0.25, 0.3) is 5.91 Å². The van der Waals surface area contributed by atoms with Crippen LogP contribution in [0, 0.1) is 6.92 Å². The lowest BCUT2D eigenvalue weighted by molar-refractivity contribution is -0.137. The molecule has 2 aromatic carbocycles. The van der Waals surface area contributed by atoms with Crippen molar-refractivity contribution in [2.45, 2.75) is 39.8 Å². The zero-order chi connectivity index (χ0) is 20.9. The third kappa shape index (κ3) is 5.34. The molecule has 0 atom stereocenters. The van der Waals surface area contributed by atoms with Crippen molar-refractivity contribution in [3.05, 3.63) is 64.2 Å². The van der Waals surface area contributed by atoms with E-state index in [9.17, 15) is 18.0 Å². The summed E-state index contributed by atoms with van der Waals surface area (Å²) in [4.78, 5) is 12.1. The highest BCUT2D eigenvalue weighted by Gasteiger charge is 2.30. The summed E-state index contributed by atoms with van der Waals surface area (Å²) in [5.74, 6) is 0.323. The molecule has 0 aromatic heterocycles. The zero-order valence-electron chi connectivity index (χ0n) is 16.2. The van der Waals surface area contributed by atoms with E-state index >= 15 is 0 Å². The number of nitrogens with zero attached hydrogens (tertiary/aromatic N) is 1. The molecule has 0 aliphatic rings. The van der Waals surface area contributed by atoms with Gasteiger partial charge in [-0.05, 0) is 66.8 Å². The molecule has 1 N–H and O–H groups in total. The van der Waals surface area contributed by atoms with Crippen LogP contribution < -0.4 is 10.2 Å². The molecule has 0 saturated heterocycles. The van der Waals surface area contributed by atoms with E-state index in [1.165, 1.54) is 18.3 Å². The van der Waals surface area contributed by atoms with Crippen molar-refractivity contribution in [3.8, 4) is 5.75 Å². The Kier molecular flexibility index (Phi) is 6.83. The van der Waals surface area contributed by atoms with E-state index in [0.717, 1.165) is 34.6 Å². The van der Waals surface area contributed by atoms with Gasteiger partial charge in [0.1, 0.15) is 5.75 Å². The Morgan fingerprint density at radius 2 is 1.96 bits per heavy atom. The Morgan fingerprint density at radius 3 is 2.57 bits per heavy atom. The minimum Gasteiger partial charge on any atom is -0.494 e. The summed E-state index contributed by atoms with van der Waals surface area (Å²) in [7, 11) is 0. The number of hydrogen-bond acceptors (Lipinski definition) is 3. The highest BCUT2D eigenvalue weighted by Crippen LogP contribution is 2.30. The van der Waals surface area contributed by atoms with Crippen LogP contribution in [0.3, 0.4) is 0 Å². The smallest absolute Gasteiger partial charge is 0.416 e. The standard InChI is InChI=1S/C21H23F3N2O2/c1-5-28-19-9-14(4)16(11-18(19)13(2)3)12-25-26-20(27)15-7-6-8-17(10-15)21(22,23)24/h6-13H,5H2,1-4H3,(H,26,27)/b25-12+. The van der Waals surface area contributed by atoms with Gasteiger partial charge in [0.2, 0.25) is 0 Å². The second-order valence-corrected chi connectivity index (χ2v) is 6.61. The third-order valence-electron chi connectivity index (χ3n) is 4.14. The number of hydrazone groups is 1. The van der Waals surface area contributed by atoms with Gasteiger partial charge in [0.15, 0.2) is 0 Å². The highest BCUT2D eigenvalue weighted by molar-refractivity contribution is 5.95. The molecule has 0 saturated carbocycles. The summed E-state index contributed by atoms with van der Waals surface area (Å²) in [5.41, 5.74) is 3.99. The average molecular weight is 392 g/mol. The second-order valence-electron chi connectivity index (χ2n) is 6.61. The van der Waals surface area contributed by atoms with Gasteiger partial charge in [0, 0.05) is 5.56 Å². The monoisotopic (exact) mass is 392 g/mol. The molecule has 0 fully saturated rings. The third-order valence-corrected chi connectivity index (χ3v) is 4.14. The SMILES string of the molecule is CCOc1cc(C)c(/C=N/NC(=O)c2cccc(C(F)(F)F)c2)cc1C(C)C. The number of nitrogens with one attached hydrogen (secondary N) is 1. The van der Waals surface area contributed by atoms with Gasteiger partial charge in [-0.3, -0.25) is 4.79 Å². The maximum atomic E-state index is 12.8. The number of carbonyl (C=O) groups excluding carboxylic acids is 1. The molecule has 4 nitrogen and oxygen atoms in total.